The Kier molecular flexibility index (Phi) is 10.4. The second-order valence-corrected chi connectivity index (χ2v) is 14.3. The summed E-state index contributed by atoms with van der Waals surface area (Å²) in [5.41, 5.74) is 5.17. The number of anilines is 2. The number of hydrogen-bond donors (Lipinski definition) is 2. The molecule has 53 heavy (non-hydrogen) atoms. The van der Waals surface area contributed by atoms with Gasteiger partial charge < -0.3 is 30.0 Å². The number of rotatable bonds is 9. The number of pyridine rings is 2. The van der Waals surface area contributed by atoms with Crippen LogP contribution in [0.1, 0.15) is 30.0 Å². The van der Waals surface area contributed by atoms with Crippen LogP contribution >= 0.6 is 23.2 Å². The predicted molar refractivity (Wildman–Crippen MR) is 201 cm³/mol. The summed E-state index contributed by atoms with van der Waals surface area (Å²) in [7, 11) is 4.90. The Bertz CT molecular complexity index is 2290. The van der Waals surface area contributed by atoms with Crippen LogP contribution in [0.25, 0.3) is 33.2 Å². The summed E-state index contributed by atoms with van der Waals surface area (Å²) in [4.78, 5) is 39.3. The Balaban J connectivity index is 0.00000435. The van der Waals surface area contributed by atoms with E-state index in [0.29, 0.717) is 69.2 Å². The minimum atomic E-state index is -0.287. The minimum absolute atomic E-state index is 0. The topological polar surface area (TPSA) is 127 Å². The molecule has 2 saturated heterocycles. The standard InChI is InChI=1S/C38H37Cl2N8O4.Cr/c1-46-36(49)31-23(19-42-46)12-14-41-34(31)43-27-9-5-7-25(33(27)40)24-6-4-8-26(32(24)39)28-18-22-10-11-29(30(22)35(44-28)52-3)47-15-13-38(20-47)21-48(16-17-51-2)37(50)45-38;/h4-9,12,18-19,29H,10-11,13,15-17,20-21H2,1-3H3,(H,41,43)(H,45,50);/q-1;. The van der Waals surface area contributed by atoms with Gasteiger partial charge in [0.15, 0.2) is 0 Å². The summed E-state index contributed by atoms with van der Waals surface area (Å²) in [6.07, 6.45) is 7.12. The quantitative estimate of drug-likeness (QED) is 0.173. The van der Waals surface area contributed by atoms with Gasteiger partial charge in [-0.3, -0.25) is 9.69 Å². The van der Waals surface area contributed by atoms with Gasteiger partial charge in [-0.1, -0.05) is 65.1 Å². The summed E-state index contributed by atoms with van der Waals surface area (Å²) in [5.74, 6) is 0.910. The molecule has 0 bridgehead atoms. The first kappa shape index (κ1) is 37.1. The van der Waals surface area contributed by atoms with Crippen molar-refractivity contribution in [2.75, 3.05) is 52.3 Å². The van der Waals surface area contributed by atoms with Gasteiger partial charge in [-0.25, -0.2) is 14.5 Å². The molecule has 2 amide bonds. The van der Waals surface area contributed by atoms with Gasteiger partial charge in [0.1, 0.15) is 0 Å². The van der Waals surface area contributed by atoms with Crippen molar-refractivity contribution < 1.29 is 31.6 Å². The number of ether oxygens (including phenoxy) is 2. The first-order chi connectivity index (χ1) is 25.2. The van der Waals surface area contributed by atoms with E-state index in [1.165, 1.54) is 10.2 Å². The first-order valence-electron chi connectivity index (χ1n) is 17.2. The van der Waals surface area contributed by atoms with Crippen LogP contribution in [0.2, 0.25) is 10.0 Å². The molecule has 0 saturated carbocycles. The number of carbonyl (C=O) groups is 1. The Morgan fingerprint density at radius 2 is 1.85 bits per heavy atom. The molecule has 2 atom stereocenters. The van der Waals surface area contributed by atoms with Gasteiger partial charge in [-0.05, 0) is 42.3 Å². The number of likely N-dealkylation sites (tertiary alicyclic amines) is 1. The van der Waals surface area contributed by atoms with Crippen molar-refractivity contribution in [2.24, 2.45) is 7.05 Å². The van der Waals surface area contributed by atoms with E-state index in [9.17, 15) is 9.59 Å². The van der Waals surface area contributed by atoms with Crippen LogP contribution in [0, 0.1) is 6.20 Å². The Morgan fingerprint density at radius 3 is 2.64 bits per heavy atom. The van der Waals surface area contributed by atoms with Crippen molar-refractivity contribution in [2.45, 2.75) is 30.8 Å². The molecule has 5 aromatic rings. The van der Waals surface area contributed by atoms with Crippen LogP contribution < -0.4 is 20.9 Å². The second-order valence-electron chi connectivity index (χ2n) is 13.6. The van der Waals surface area contributed by atoms with Gasteiger partial charge in [0, 0.05) is 104 Å². The SMILES string of the molecule is COCCN1CC2(CCN(C3CCc4cc(-c5cccc(-c6cccc(Nc7n[c-]cc8cnn(C)c(=O)c78)c6Cl)c5Cl)nc(OC)c43)C2)NC1=O.[Cr]. The van der Waals surface area contributed by atoms with Crippen LogP contribution in [0.3, 0.4) is 0 Å². The number of aryl methyl sites for hydroxylation is 2. The second kappa shape index (κ2) is 14.9. The number of halogens is 2. The minimum Gasteiger partial charge on any atom is -0.481 e. The van der Waals surface area contributed by atoms with E-state index in [1.54, 1.807) is 33.5 Å². The molecule has 2 aliphatic heterocycles. The Morgan fingerprint density at radius 1 is 1.08 bits per heavy atom. The van der Waals surface area contributed by atoms with E-state index in [0.717, 1.165) is 49.0 Å². The molecular formula is C38H37Cl2CrN8O4-. The summed E-state index contributed by atoms with van der Waals surface area (Å²) >= 11 is 14.2. The van der Waals surface area contributed by atoms with E-state index in [4.69, 9.17) is 37.7 Å². The molecule has 1 aliphatic carbocycles. The van der Waals surface area contributed by atoms with Crippen LogP contribution in [0.15, 0.2) is 59.5 Å². The third kappa shape index (κ3) is 6.64. The molecule has 1 spiro atoms. The number of nitrogens with zero attached hydrogens (tertiary/aromatic N) is 6. The van der Waals surface area contributed by atoms with Crippen molar-refractivity contribution >= 4 is 51.5 Å². The molecule has 2 unspecified atom stereocenters. The molecular weight excluding hydrogens is 755 g/mol. The largest absolute Gasteiger partial charge is 0.481 e. The predicted octanol–water partition coefficient (Wildman–Crippen LogP) is 6.02. The Hall–Kier alpha value is -4.22. The molecule has 2 fully saturated rings. The normalized spacial score (nSPS) is 19.5. The molecule has 5 heterocycles. The van der Waals surface area contributed by atoms with E-state index in [1.807, 2.05) is 41.3 Å². The zero-order valence-corrected chi connectivity index (χ0v) is 32.2. The van der Waals surface area contributed by atoms with Crippen molar-refractivity contribution in [3.63, 3.8) is 0 Å². The van der Waals surface area contributed by atoms with Gasteiger partial charge in [0.2, 0.25) is 5.88 Å². The zero-order valence-electron chi connectivity index (χ0n) is 29.4. The number of carbonyl (C=O) groups excluding carboxylic acids is 1. The maximum atomic E-state index is 13.0. The molecule has 15 heteroatoms. The number of urea groups is 1. The summed E-state index contributed by atoms with van der Waals surface area (Å²) in [5, 5.41) is 12.5. The number of methoxy groups -OCH3 is 2. The molecule has 2 N–H and O–H groups in total. The van der Waals surface area contributed by atoms with Crippen molar-refractivity contribution in [1.82, 2.24) is 34.9 Å². The molecule has 3 aliphatic rings. The molecule has 2 aromatic carbocycles. The van der Waals surface area contributed by atoms with Crippen molar-refractivity contribution in [1.29, 1.82) is 0 Å². The van der Waals surface area contributed by atoms with Crippen LogP contribution in [0.5, 0.6) is 5.88 Å². The van der Waals surface area contributed by atoms with Gasteiger partial charge in [0.25, 0.3) is 5.56 Å². The maximum Gasteiger partial charge on any atom is 0.318 e. The number of aromatic nitrogens is 4. The maximum absolute atomic E-state index is 13.0. The van der Waals surface area contributed by atoms with E-state index < -0.39 is 0 Å². The smallest absolute Gasteiger partial charge is 0.318 e. The number of benzene rings is 2. The molecule has 0 radical (unpaired) electrons. The van der Waals surface area contributed by atoms with E-state index >= 15 is 0 Å². The number of fused-ring (bicyclic) bond motifs is 2. The Labute approximate surface area is 327 Å². The van der Waals surface area contributed by atoms with Crippen molar-refractivity contribution in [3.05, 3.63) is 92.5 Å². The van der Waals surface area contributed by atoms with Crippen LogP contribution in [-0.2, 0) is 35.6 Å². The fourth-order valence-corrected chi connectivity index (χ4v) is 8.52. The van der Waals surface area contributed by atoms with Crippen LogP contribution in [0.4, 0.5) is 16.3 Å². The van der Waals surface area contributed by atoms with Gasteiger partial charge in [-0.2, -0.15) is 5.10 Å². The molecule has 8 rings (SSSR count). The van der Waals surface area contributed by atoms with Crippen LogP contribution in [-0.4, -0.2) is 88.1 Å². The molecule has 3 aromatic heterocycles. The fraction of sp³-hybridized carbons (Fsp3) is 0.342. The third-order valence-electron chi connectivity index (χ3n) is 10.5. The van der Waals surface area contributed by atoms with Gasteiger partial charge in [-0.15, -0.1) is 6.07 Å². The van der Waals surface area contributed by atoms with Gasteiger partial charge in [0.05, 0.1) is 35.0 Å². The fourth-order valence-electron chi connectivity index (χ4n) is 7.92. The molecule has 274 valence electrons. The number of amides is 2. The summed E-state index contributed by atoms with van der Waals surface area (Å²) in [6.45, 7) is 3.41. The number of hydrogen-bond acceptors (Lipinski definition) is 9. The van der Waals surface area contributed by atoms with E-state index in [2.05, 4.69) is 37.9 Å². The summed E-state index contributed by atoms with van der Waals surface area (Å²) < 4.78 is 12.4. The third-order valence-corrected chi connectivity index (χ3v) is 11.3. The average molecular weight is 793 g/mol. The first-order valence-corrected chi connectivity index (χ1v) is 17.9. The number of nitrogens with one attached hydrogen (secondary N) is 2. The van der Waals surface area contributed by atoms with Crippen molar-refractivity contribution in [3.8, 4) is 28.3 Å². The monoisotopic (exact) mass is 791 g/mol. The molecule has 12 nitrogen and oxygen atoms in total. The van der Waals surface area contributed by atoms with E-state index in [-0.39, 0.29) is 40.5 Å². The zero-order chi connectivity index (χ0) is 36.1. The van der Waals surface area contributed by atoms with Gasteiger partial charge >= 0.3 is 6.03 Å². The average Bonchev–Trinajstić information content (AvgIpc) is 3.85. The summed E-state index contributed by atoms with van der Waals surface area (Å²) in [6, 6.07) is 15.2.